The van der Waals surface area contributed by atoms with Gasteiger partial charge in [-0.2, -0.15) is 0 Å². The van der Waals surface area contributed by atoms with Crippen molar-refractivity contribution in [1.29, 1.82) is 0 Å². The summed E-state index contributed by atoms with van der Waals surface area (Å²) in [7, 11) is 1.59. The van der Waals surface area contributed by atoms with Crippen molar-refractivity contribution >= 4 is 34.7 Å². The lowest BCUT2D eigenvalue weighted by Crippen LogP contribution is -2.29. The third-order valence-electron chi connectivity index (χ3n) is 6.34. The molecule has 1 heterocycles. The average Bonchev–Trinajstić information content (AvgIpc) is 3.14. The average molecular weight is 520 g/mol. The number of halogens is 1. The van der Waals surface area contributed by atoms with Gasteiger partial charge in [0.2, 0.25) is 0 Å². The zero-order chi connectivity index (χ0) is 26.9. The Balaban J connectivity index is 1.93. The second-order valence-corrected chi connectivity index (χ2v) is 10.2. The highest BCUT2D eigenvalue weighted by Gasteiger charge is 2.47. The largest absolute Gasteiger partial charge is 0.507 e. The predicted molar refractivity (Wildman–Crippen MR) is 146 cm³/mol. The number of rotatable bonds is 6. The van der Waals surface area contributed by atoms with Crippen molar-refractivity contribution in [3.05, 3.63) is 94.0 Å². The highest BCUT2D eigenvalue weighted by molar-refractivity contribution is 6.51. The molecule has 192 valence electrons. The first-order chi connectivity index (χ1) is 17.6. The molecule has 1 amide bonds. The Hall–Kier alpha value is -3.77. The van der Waals surface area contributed by atoms with E-state index < -0.39 is 17.7 Å². The van der Waals surface area contributed by atoms with Gasteiger partial charge < -0.3 is 14.6 Å². The summed E-state index contributed by atoms with van der Waals surface area (Å²) in [6.07, 6.45) is 0. The summed E-state index contributed by atoms with van der Waals surface area (Å²) < 4.78 is 11.1. The Morgan fingerprint density at radius 1 is 1.00 bits per heavy atom. The summed E-state index contributed by atoms with van der Waals surface area (Å²) in [5, 5.41) is 12.0. The van der Waals surface area contributed by atoms with Gasteiger partial charge in [-0.1, -0.05) is 44.5 Å². The highest BCUT2D eigenvalue weighted by atomic mass is 35.5. The number of hydrogen-bond donors (Lipinski definition) is 1. The number of ketones is 1. The lowest BCUT2D eigenvalue weighted by Gasteiger charge is -2.26. The van der Waals surface area contributed by atoms with Crippen LogP contribution in [0.5, 0.6) is 11.5 Å². The molecule has 0 saturated carbocycles. The number of ether oxygens (including phenoxy) is 2. The van der Waals surface area contributed by atoms with E-state index in [9.17, 15) is 14.7 Å². The molecule has 0 aromatic heterocycles. The number of anilines is 1. The summed E-state index contributed by atoms with van der Waals surface area (Å²) >= 11 is 6.08. The molecule has 4 rings (SSSR count). The number of aliphatic hydroxyl groups excluding tert-OH is 1. The van der Waals surface area contributed by atoms with Crippen LogP contribution in [0, 0.1) is 0 Å². The van der Waals surface area contributed by atoms with E-state index in [1.165, 1.54) is 4.90 Å². The number of amides is 1. The van der Waals surface area contributed by atoms with Gasteiger partial charge in [0.1, 0.15) is 17.3 Å². The molecular formula is C30H30ClNO5. The van der Waals surface area contributed by atoms with Crippen LogP contribution in [-0.4, -0.2) is 30.5 Å². The van der Waals surface area contributed by atoms with Gasteiger partial charge in [0, 0.05) is 21.8 Å². The number of aliphatic hydroxyl groups is 1. The van der Waals surface area contributed by atoms with Crippen molar-refractivity contribution in [3.63, 3.8) is 0 Å². The summed E-state index contributed by atoms with van der Waals surface area (Å²) in [5.74, 6) is -0.401. The van der Waals surface area contributed by atoms with Gasteiger partial charge in [0.15, 0.2) is 0 Å². The minimum Gasteiger partial charge on any atom is -0.507 e. The molecule has 37 heavy (non-hydrogen) atoms. The minimum atomic E-state index is -0.850. The van der Waals surface area contributed by atoms with Gasteiger partial charge in [-0.25, -0.2) is 0 Å². The van der Waals surface area contributed by atoms with Crippen molar-refractivity contribution in [2.45, 2.75) is 39.2 Å². The predicted octanol–water partition coefficient (Wildman–Crippen LogP) is 6.67. The van der Waals surface area contributed by atoms with Crippen LogP contribution in [0.2, 0.25) is 5.02 Å². The number of benzene rings is 3. The third kappa shape index (κ3) is 5.07. The lowest BCUT2D eigenvalue weighted by atomic mass is 9.84. The van der Waals surface area contributed by atoms with Crippen LogP contribution in [0.15, 0.2) is 72.3 Å². The number of Topliss-reactive ketones (excluding diaryl/α,β-unsaturated/α-hetero) is 1. The third-order valence-corrected chi connectivity index (χ3v) is 6.59. The van der Waals surface area contributed by atoms with E-state index in [1.54, 1.807) is 73.8 Å². The molecule has 0 spiro atoms. The maximum Gasteiger partial charge on any atom is 0.300 e. The second-order valence-electron chi connectivity index (χ2n) is 9.81. The van der Waals surface area contributed by atoms with E-state index >= 15 is 0 Å². The van der Waals surface area contributed by atoms with E-state index in [0.29, 0.717) is 39.9 Å². The SMILES string of the molecule is CCOc1ccc(C2/C(=C(/O)c3ccc(OC)c(C(C)(C)C)c3)C(=O)C(=O)N2c2ccc(Cl)cc2)cc1. The zero-order valence-electron chi connectivity index (χ0n) is 21.5. The minimum absolute atomic E-state index is 0.00846. The Morgan fingerprint density at radius 2 is 1.65 bits per heavy atom. The molecule has 1 aliphatic heterocycles. The van der Waals surface area contributed by atoms with Crippen LogP contribution >= 0.6 is 11.6 Å². The molecule has 0 aliphatic carbocycles. The molecule has 0 bridgehead atoms. The maximum atomic E-state index is 13.4. The number of carbonyl (C=O) groups excluding carboxylic acids is 2. The van der Waals surface area contributed by atoms with Crippen molar-refractivity contribution in [3.8, 4) is 11.5 Å². The lowest BCUT2D eigenvalue weighted by molar-refractivity contribution is -0.132. The Morgan fingerprint density at radius 3 is 2.22 bits per heavy atom. The zero-order valence-corrected chi connectivity index (χ0v) is 22.3. The van der Waals surface area contributed by atoms with Crippen LogP contribution < -0.4 is 14.4 Å². The first kappa shape index (κ1) is 26.3. The van der Waals surface area contributed by atoms with Crippen LogP contribution in [-0.2, 0) is 15.0 Å². The Kier molecular flexibility index (Phi) is 7.32. The van der Waals surface area contributed by atoms with Gasteiger partial charge in [-0.3, -0.25) is 14.5 Å². The standard InChI is InChI=1S/C30H30ClNO5/c1-6-37-22-14-7-18(8-15-22)26-25(28(34)29(35)32(26)21-12-10-20(31)11-13-21)27(33)19-9-16-24(36-5)23(17-19)30(2,3)4/h7-17,26,33H,6H2,1-5H3/b27-25-. The van der Waals surface area contributed by atoms with E-state index in [2.05, 4.69) is 0 Å². The molecule has 3 aromatic rings. The van der Waals surface area contributed by atoms with Gasteiger partial charge in [-0.15, -0.1) is 0 Å². The number of hydrogen-bond acceptors (Lipinski definition) is 5. The van der Waals surface area contributed by atoms with E-state index in [-0.39, 0.29) is 16.7 Å². The first-order valence-corrected chi connectivity index (χ1v) is 12.4. The number of nitrogens with zero attached hydrogens (tertiary/aromatic N) is 1. The van der Waals surface area contributed by atoms with Crippen LogP contribution in [0.1, 0.15) is 50.4 Å². The molecule has 1 unspecified atom stereocenters. The molecule has 1 N–H and O–H groups in total. The van der Waals surface area contributed by atoms with Crippen LogP contribution in [0.4, 0.5) is 5.69 Å². The van der Waals surface area contributed by atoms with Gasteiger partial charge in [-0.05, 0) is 72.5 Å². The molecule has 3 aromatic carbocycles. The summed E-state index contributed by atoms with van der Waals surface area (Å²) in [6.45, 7) is 8.51. The Labute approximate surface area is 222 Å². The normalized spacial score (nSPS) is 17.2. The summed E-state index contributed by atoms with van der Waals surface area (Å²) in [4.78, 5) is 28.2. The van der Waals surface area contributed by atoms with Gasteiger partial charge >= 0.3 is 0 Å². The van der Waals surface area contributed by atoms with Crippen LogP contribution in [0.3, 0.4) is 0 Å². The molecule has 1 saturated heterocycles. The first-order valence-electron chi connectivity index (χ1n) is 12.0. The van der Waals surface area contributed by atoms with Crippen molar-refractivity contribution < 1.29 is 24.2 Å². The van der Waals surface area contributed by atoms with E-state index in [4.69, 9.17) is 21.1 Å². The smallest absolute Gasteiger partial charge is 0.300 e. The van der Waals surface area contributed by atoms with E-state index in [1.807, 2.05) is 27.7 Å². The Bertz CT molecular complexity index is 1350. The molecule has 1 atom stereocenters. The maximum absolute atomic E-state index is 13.4. The van der Waals surface area contributed by atoms with Crippen molar-refractivity contribution in [2.24, 2.45) is 0 Å². The molecule has 1 aliphatic rings. The number of carbonyl (C=O) groups is 2. The second kappa shape index (κ2) is 10.3. The van der Waals surface area contributed by atoms with Gasteiger partial charge in [0.25, 0.3) is 11.7 Å². The molecule has 7 heteroatoms. The molecular weight excluding hydrogens is 490 g/mol. The molecule has 0 radical (unpaired) electrons. The fourth-order valence-electron chi connectivity index (χ4n) is 4.53. The quantitative estimate of drug-likeness (QED) is 0.223. The number of methoxy groups -OCH3 is 1. The monoisotopic (exact) mass is 519 g/mol. The van der Waals surface area contributed by atoms with E-state index in [0.717, 1.165) is 5.56 Å². The summed E-state index contributed by atoms with van der Waals surface area (Å²) in [5.41, 5.74) is 2.16. The topological polar surface area (TPSA) is 76.1 Å². The molecule has 6 nitrogen and oxygen atoms in total. The highest BCUT2D eigenvalue weighted by Crippen LogP contribution is 2.43. The fourth-order valence-corrected chi connectivity index (χ4v) is 4.65. The fraction of sp³-hybridized carbons (Fsp3) is 0.267. The van der Waals surface area contributed by atoms with Gasteiger partial charge in [0.05, 0.1) is 25.3 Å². The van der Waals surface area contributed by atoms with Crippen molar-refractivity contribution in [1.82, 2.24) is 0 Å². The summed E-state index contributed by atoms with van der Waals surface area (Å²) in [6, 6.07) is 18.2. The molecule has 1 fully saturated rings. The van der Waals surface area contributed by atoms with Crippen molar-refractivity contribution in [2.75, 3.05) is 18.6 Å². The van der Waals surface area contributed by atoms with Crippen LogP contribution in [0.25, 0.3) is 5.76 Å².